The highest BCUT2D eigenvalue weighted by Crippen LogP contribution is 2.37. The van der Waals surface area contributed by atoms with Crippen molar-refractivity contribution in [3.8, 4) is 11.6 Å². The molecule has 0 saturated heterocycles. The topological polar surface area (TPSA) is 38.0 Å². The molecule has 2 aromatic rings. The maximum absolute atomic E-state index is 12.7. The summed E-state index contributed by atoms with van der Waals surface area (Å²) in [4.78, 5) is 0. The van der Waals surface area contributed by atoms with Crippen LogP contribution in [0.2, 0.25) is 0 Å². The Kier molecular flexibility index (Phi) is 3.38. The van der Waals surface area contributed by atoms with Crippen LogP contribution >= 0.6 is 0 Å². The Hall–Kier alpha value is -2.19. The molecule has 0 saturated carbocycles. The first-order valence-electron chi connectivity index (χ1n) is 5.54. The number of aromatic nitrogens is 2. The molecular formula is C12H8F6N2O. The predicted molar refractivity (Wildman–Crippen MR) is 60.0 cm³/mol. The van der Waals surface area contributed by atoms with Crippen LogP contribution in [0.25, 0.3) is 5.69 Å². The molecule has 0 aliphatic heterocycles. The second-order valence-corrected chi connectivity index (χ2v) is 4.32. The zero-order valence-electron chi connectivity index (χ0n) is 10.4. The van der Waals surface area contributed by atoms with Gasteiger partial charge in [-0.2, -0.15) is 31.4 Å². The number of hydrogen-bond donors (Lipinski definition) is 1. The molecule has 0 atom stereocenters. The van der Waals surface area contributed by atoms with E-state index >= 15 is 0 Å². The maximum atomic E-state index is 12.7. The standard InChI is InChI=1S/C12H8F6N2O/c1-6-2-10(21)20(19-6)9-4-7(11(13,14)15)3-8(5-9)12(16,17)18/h2-5,21H,1H3. The van der Waals surface area contributed by atoms with E-state index in [-0.39, 0.29) is 11.8 Å². The lowest BCUT2D eigenvalue weighted by Gasteiger charge is -2.14. The Morgan fingerprint density at radius 3 is 1.71 bits per heavy atom. The Bertz CT molecular complexity index is 639. The van der Waals surface area contributed by atoms with Gasteiger partial charge in [0.05, 0.1) is 22.5 Å². The minimum absolute atomic E-state index is 0.0108. The maximum Gasteiger partial charge on any atom is 0.416 e. The summed E-state index contributed by atoms with van der Waals surface area (Å²) in [5, 5.41) is 13.2. The number of benzene rings is 1. The zero-order chi connectivity index (χ0) is 16.0. The first kappa shape index (κ1) is 15.2. The van der Waals surface area contributed by atoms with Crippen LogP contribution in [-0.2, 0) is 12.4 Å². The largest absolute Gasteiger partial charge is 0.493 e. The first-order chi connectivity index (χ1) is 9.48. The summed E-state index contributed by atoms with van der Waals surface area (Å²) < 4.78 is 76.8. The molecule has 0 aliphatic carbocycles. The third kappa shape index (κ3) is 3.11. The smallest absolute Gasteiger partial charge is 0.416 e. The number of hydrogen-bond acceptors (Lipinski definition) is 2. The molecule has 0 aliphatic rings. The third-order valence-corrected chi connectivity index (χ3v) is 2.63. The van der Waals surface area contributed by atoms with E-state index in [0.29, 0.717) is 16.8 Å². The molecule has 0 spiro atoms. The molecular weight excluding hydrogens is 302 g/mol. The molecule has 9 heteroatoms. The van der Waals surface area contributed by atoms with Crippen LogP contribution in [0.15, 0.2) is 24.3 Å². The third-order valence-electron chi connectivity index (χ3n) is 2.63. The van der Waals surface area contributed by atoms with Gasteiger partial charge in [-0.1, -0.05) is 0 Å². The fraction of sp³-hybridized carbons (Fsp3) is 0.250. The van der Waals surface area contributed by atoms with E-state index in [9.17, 15) is 31.4 Å². The Morgan fingerprint density at radius 1 is 0.905 bits per heavy atom. The molecule has 3 nitrogen and oxygen atoms in total. The van der Waals surface area contributed by atoms with Crippen LogP contribution < -0.4 is 0 Å². The van der Waals surface area contributed by atoms with Crippen LogP contribution in [0, 0.1) is 6.92 Å². The van der Waals surface area contributed by atoms with Crippen molar-refractivity contribution in [1.29, 1.82) is 0 Å². The number of halogens is 6. The molecule has 0 amide bonds. The lowest BCUT2D eigenvalue weighted by molar-refractivity contribution is -0.143. The van der Waals surface area contributed by atoms with Crippen molar-refractivity contribution >= 4 is 0 Å². The highest BCUT2D eigenvalue weighted by molar-refractivity contribution is 5.44. The van der Waals surface area contributed by atoms with Gasteiger partial charge in [0.1, 0.15) is 0 Å². The fourth-order valence-electron chi connectivity index (χ4n) is 1.74. The van der Waals surface area contributed by atoms with E-state index in [1.165, 1.54) is 6.92 Å². The summed E-state index contributed by atoms with van der Waals surface area (Å²) in [5.41, 5.74) is -3.22. The van der Waals surface area contributed by atoms with Crippen LogP contribution in [0.4, 0.5) is 26.3 Å². The van der Waals surface area contributed by atoms with Crippen molar-refractivity contribution in [2.45, 2.75) is 19.3 Å². The van der Waals surface area contributed by atoms with Gasteiger partial charge in [0, 0.05) is 6.07 Å². The number of aromatic hydroxyl groups is 1. The predicted octanol–water partition coefficient (Wildman–Crippen LogP) is 3.92. The highest BCUT2D eigenvalue weighted by atomic mass is 19.4. The van der Waals surface area contributed by atoms with E-state index in [1.54, 1.807) is 0 Å². The summed E-state index contributed by atoms with van der Waals surface area (Å²) in [6.07, 6.45) is -9.90. The minimum atomic E-state index is -4.95. The monoisotopic (exact) mass is 310 g/mol. The lowest BCUT2D eigenvalue weighted by atomic mass is 10.1. The molecule has 114 valence electrons. The number of alkyl halides is 6. The quantitative estimate of drug-likeness (QED) is 0.811. The Morgan fingerprint density at radius 2 is 1.38 bits per heavy atom. The van der Waals surface area contributed by atoms with Gasteiger partial charge < -0.3 is 5.11 Å². The average molecular weight is 310 g/mol. The molecule has 0 unspecified atom stereocenters. The van der Waals surface area contributed by atoms with Gasteiger partial charge >= 0.3 is 12.4 Å². The number of aryl methyl sites for hydroxylation is 1. The van der Waals surface area contributed by atoms with E-state index in [1.807, 2.05) is 0 Å². The summed E-state index contributed by atoms with van der Waals surface area (Å²) in [6.45, 7) is 1.44. The number of rotatable bonds is 1. The van der Waals surface area contributed by atoms with Crippen LogP contribution in [-0.4, -0.2) is 14.9 Å². The van der Waals surface area contributed by atoms with E-state index in [4.69, 9.17) is 0 Å². The van der Waals surface area contributed by atoms with Crippen LogP contribution in [0.1, 0.15) is 16.8 Å². The average Bonchev–Trinajstić information content (AvgIpc) is 2.65. The Labute approximate surface area is 114 Å². The lowest BCUT2D eigenvalue weighted by Crippen LogP contribution is -2.12. The van der Waals surface area contributed by atoms with Gasteiger partial charge in [-0.15, -0.1) is 0 Å². The van der Waals surface area contributed by atoms with Gasteiger partial charge in [-0.25, -0.2) is 4.68 Å². The van der Waals surface area contributed by atoms with Gasteiger partial charge in [0.2, 0.25) is 5.88 Å². The van der Waals surface area contributed by atoms with Gasteiger partial charge in [0.25, 0.3) is 0 Å². The molecule has 1 N–H and O–H groups in total. The van der Waals surface area contributed by atoms with Crippen molar-refractivity contribution in [1.82, 2.24) is 9.78 Å². The molecule has 0 radical (unpaired) electrons. The molecule has 2 rings (SSSR count). The van der Waals surface area contributed by atoms with Crippen molar-refractivity contribution < 1.29 is 31.4 Å². The molecule has 0 bridgehead atoms. The van der Waals surface area contributed by atoms with Crippen LogP contribution in [0.3, 0.4) is 0 Å². The van der Waals surface area contributed by atoms with Gasteiger partial charge in [-0.05, 0) is 25.1 Å². The number of nitrogens with zero attached hydrogens (tertiary/aromatic N) is 2. The van der Waals surface area contributed by atoms with E-state index in [0.717, 1.165) is 6.07 Å². The highest BCUT2D eigenvalue weighted by Gasteiger charge is 2.37. The molecule has 1 heterocycles. The van der Waals surface area contributed by atoms with Crippen molar-refractivity contribution in [3.05, 3.63) is 41.1 Å². The summed E-state index contributed by atoms with van der Waals surface area (Å²) in [5.74, 6) is -0.556. The second-order valence-electron chi connectivity index (χ2n) is 4.32. The van der Waals surface area contributed by atoms with E-state index in [2.05, 4.69) is 5.10 Å². The summed E-state index contributed by atoms with van der Waals surface area (Å²) in [6, 6.07) is 2.10. The zero-order valence-corrected chi connectivity index (χ0v) is 10.4. The normalized spacial score (nSPS) is 12.7. The summed E-state index contributed by atoms with van der Waals surface area (Å²) >= 11 is 0. The molecule has 0 fully saturated rings. The van der Waals surface area contributed by atoms with Crippen molar-refractivity contribution in [2.75, 3.05) is 0 Å². The van der Waals surface area contributed by atoms with Gasteiger partial charge in [-0.3, -0.25) is 0 Å². The summed E-state index contributed by atoms with van der Waals surface area (Å²) in [7, 11) is 0. The molecule has 1 aromatic heterocycles. The molecule has 1 aromatic carbocycles. The molecule has 21 heavy (non-hydrogen) atoms. The minimum Gasteiger partial charge on any atom is -0.493 e. The Balaban J connectivity index is 2.69. The van der Waals surface area contributed by atoms with Crippen molar-refractivity contribution in [3.63, 3.8) is 0 Å². The van der Waals surface area contributed by atoms with Gasteiger partial charge in [0.15, 0.2) is 0 Å². The van der Waals surface area contributed by atoms with Crippen molar-refractivity contribution in [2.24, 2.45) is 0 Å². The second kappa shape index (κ2) is 4.68. The fourth-order valence-corrected chi connectivity index (χ4v) is 1.74. The SMILES string of the molecule is Cc1cc(O)n(-c2cc(C(F)(F)F)cc(C(F)(F)F)c2)n1. The van der Waals surface area contributed by atoms with E-state index < -0.39 is 35.0 Å². The first-order valence-corrected chi connectivity index (χ1v) is 5.54. The van der Waals surface area contributed by atoms with Crippen LogP contribution in [0.5, 0.6) is 5.88 Å².